The second-order valence-electron chi connectivity index (χ2n) is 15.7. The van der Waals surface area contributed by atoms with Crippen molar-refractivity contribution < 1.29 is 37.4 Å². The van der Waals surface area contributed by atoms with Gasteiger partial charge in [0.15, 0.2) is 0 Å². The molecule has 2 N–H and O–H groups in total. The maximum absolute atomic E-state index is 14.3. The van der Waals surface area contributed by atoms with E-state index in [0.717, 1.165) is 22.3 Å². The molecule has 0 spiro atoms. The first kappa shape index (κ1) is 40.7. The molecule has 0 saturated carbocycles. The van der Waals surface area contributed by atoms with E-state index in [1.807, 2.05) is 30.3 Å². The van der Waals surface area contributed by atoms with Crippen LogP contribution in [0.15, 0.2) is 91.0 Å². The first-order valence-electron chi connectivity index (χ1n) is 18.3. The van der Waals surface area contributed by atoms with Gasteiger partial charge in [-0.25, -0.2) is 23.2 Å². The molecule has 1 aliphatic rings. The second kappa shape index (κ2) is 17.8. The van der Waals surface area contributed by atoms with E-state index in [-0.39, 0.29) is 37.4 Å². The van der Waals surface area contributed by atoms with E-state index in [1.165, 1.54) is 18.2 Å². The summed E-state index contributed by atoms with van der Waals surface area (Å²) < 4.78 is 44.8. The Morgan fingerprint density at radius 1 is 0.727 bits per heavy atom. The minimum atomic E-state index is -0.754. The number of halogens is 2. The smallest absolute Gasteiger partial charge is 0.412 e. The molecule has 1 unspecified atom stereocenters. The van der Waals surface area contributed by atoms with Crippen LogP contribution < -0.4 is 10.6 Å². The van der Waals surface area contributed by atoms with Crippen LogP contribution in [0.4, 0.5) is 34.5 Å². The van der Waals surface area contributed by atoms with Crippen molar-refractivity contribution in [3.8, 4) is 0 Å². The summed E-state index contributed by atoms with van der Waals surface area (Å²) in [4.78, 5) is 43.3. The van der Waals surface area contributed by atoms with Gasteiger partial charge in [0.25, 0.3) is 0 Å². The fourth-order valence-electron chi connectivity index (χ4n) is 6.31. The molecule has 1 aliphatic heterocycles. The van der Waals surface area contributed by atoms with Crippen molar-refractivity contribution in [1.29, 1.82) is 0 Å². The van der Waals surface area contributed by atoms with Crippen LogP contribution in [0.1, 0.15) is 69.4 Å². The number of nitrogens with zero attached hydrogens (tertiary/aromatic N) is 2. The number of fused-ring (bicyclic) bond motifs is 1. The average Bonchev–Trinajstić information content (AvgIpc) is 3.08. The Balaban J connectivity index is 1.43. The molecule has 0 fully saturated rings. The number of hydrogen-bond acceptors (Lipinski definition) is 7. The zero-order valence-electron chi connectivity index (χ0n) is 32.3. The Hall–Kier alpha value is -5.49. The third-order valence-corrected chi connectivity index (χ3v) is 8.68. The van der Waals surface area contributed by atoms with E-state index < -0.39 is 29.5 Å². The number of hydrogen-bond donors (Lipinski definition) is 2. The first-order valence-corrected chi connectivity index (χ1v) is 18.3. The summed E-state index contributed by atoms with van der Waals surface area (Å²) in [6.45, 7) is 11.8. The lowest BCUT2D eigenvalue weighted by atomic mass is 9.90. The summed E-state index contributed by atoms with van der Waals surface area (Å²) in [5.74, 6) is -0.625. The van der Waals surface area contributed by atoms with E-state index in [0.29, 0.717) is 42.9 Å². The molecule has 0 saturated heterocycles. The van der Waals surface area contributed by atoms with Gasteiger partial charge >= 0.3 is 18.3 Å². The normalized spacial score (nSPS) is 14.4. The summed E-state index contributed by atoms with van der Waals surface area (Å²) in [6, 6.07) is 25.4. The summed E-state index contributed by atoms with van der Waals surface area (Å²) >= 11 is 0. The number of anilines is 2. The highest BCUT2D eigenvalue weighted by molar-refractivity contribution is 5.89. The standard InChI is InChI=1S/C43H50F2N4O6/c1-42(2,3)54-39(50)46-36-20-31(21-37(25-36)47-40(51)55-43(4,5)6)26-49(41(52)53-28-30-10-8-7-9-11-30)19-18-48-27-32-14-17-35(45)23-33(32)24-38(48)22-29-12-15-34(44)16-13-29/h7-17,20-21,23,25,38H,18-19,22,24,26-28H2,1-6H3,(H,46,50)(H,47,51). The third-order valence-electron chi connectivity index (χ3n) is 8.68. The summed E-state index contributed by atoms with van der Waals surface area (Å²) in [6.07, 6.45) is -0.784. The lowest BCUT2D eigenvalue weighted by Crippen LogP contribution is -2.46. The molecule has 292 valence electrons. The fourth-order valence-corrected chi connectivity index (χ4v) is 6.31. The quantitative estimate of drug-likeness (QED) is 0.147. The van der Waals surface area contributed by atoms with Crippen molar-refractivity contribution in [2.75, 3.05) is 23.7 Å². The molecule has 4 aromatic carbocycles. The monoisotopic (exact) mass is 756 g/mol. The minimum Gasteiger partial charge on any atom is -0.445 e. The van der Waals surface area contributed by atoms with Crippen molar-refractivity contribution in [2.45, 2.75) is 91.3 Å². The van der Waals surface area contributed by atoms with E-state index in [2.05, 4.69) is 15.5 Å². The summed E-state index contributed by atoms with van der Waals surface area (Å²) in [7, 11) is 0. The van der Waals surface area contributed by atoms with Crippen LogP contribution in [0.3, 0.4) is 0 Å². The van der Waals surface area contributed by atoms with E-state index >= 15 is 0 Å². The third kappa shape index (κ3) is 13.1. The van der Waals surface area contributed by atoms with Crippen LogP contribution in [0.25, 0.3) is 0 Å². The number of nitrogens with one attached hydrogen (secondary N) is 2. The highest BCUT2D eigenvalue weighted by atomic mass is 19.1. The summed E-state index contributed by atoms with van der Waals surface area (Å²) in [5, 5.41) is 5.47. The molecule has 1 heterocycles. The van der Waals surface area contributed by atoms with Gasteiger partial charge in [-0.05, 0) is 125 Å². The number of benzene rings is 4. The predicted octanol–water partition coefficient (Wildman–Crippen LogP) is 9.47. The van der Waals surface area contributed by atoms with Gasteiger partial charge in [0.1, 0.15) is 29.4 Å². The molecule has 4 aromatic rings. The molecule has 0 radical (unpaired) electrons. The zero-order valence-corrected chi connectivity index (χ0v) is 32.3. The average molecular weight is 757 g/mol. The van der Waals surface area contributed by atoms with Crippen molar-refractivity contribution in [1.82, 2.24) is 9.80 Å². The van der Waals surface area contributed by atoms with Crippen molar-refractivity contribution in [2.24, 2.45) is 0 Å². The fraction of sp³-hybridized carbons (Fsp3) is 0.372. The molecule has 3 amide bonds. The molecular weight excluding hydrogens is 706 g/mol. The van der Waals surface area contributed by atoms with E-state index in [4.69, 9.17) is 14.2 Å². The maximum Gasteiger partial charge on any atom is 0.412 e. The number of rotatable bonds is 11. The largest absolute Gasteiger partial charge is 0.445 e. The van der Waals surface area contributed by atoms with Gasteiger partial charge in [0.2, 0.25) is 0 Å². The van der Waals surface area contributed by atoms with Crippen LogP contribution >= 0.6 is 0 Å². The van der Waals surface area contributed by atoms with Crippen LogP contribution in [0.5, 0.6) is 0 Å². The molecule has 0 bridgehead atoms. The molecule has 10 nitrogen and oxygen atoms in total. The van der Waals surface area contributed by atoms with E-state index in [9.17, 15) is 23.2 Å². The van der Waals surface area contributed by atoms with Gasteiger partial charge in [0, 0.05) is 43.6 Å². The van der Waals surface area contributed by atoms with Gasteiger partial charge < -0.3 is 19.1 Å². The first-order chi connectivity index (χ1) is 26.0. The number of amides is 3. The molecular formula is C43H50F2N4O6. The maximum atomic E-state index is 14.3. The molecule has 0 aliphatic carbocycles. The number of ether oxygens (including phenoxy) is 3. The van der Waals surface area contributed by atoms with Gasteiger partial charge in [-0.3, -0.25) is 15.5 Å². The van der Waals surface area contributed by atoms with Crippen LogP contribution in [-0.2, 0) is 46.7 Å². The Bertz CT molecular complexity index is 1900. The van der Waals surface area contributed by atoms with Crippen LogP contribution in [-0.4, -0.2) is 58.4 Å². The van der Waals surface area contributed by atoms with Gasteiger partial charge in [-0.1, -0.05) is 48.5 Å². The highest BCUT2D eigenvalue weighted by Crippen LogP contribution is 2.28. The van der Waals surface area contributed by atoms with Crippen LogP contribution in [0.2, 0.25) is 0 Å². The van der Waals surface area contributed by atoms with E-state index in [1.54, 1.807) is 88.9 Å². The van der Waals surface area contributed by atoms with Crippen molar-refractivity contribution >= 4 is 29.7 Å². The molecule has 55 heavy (non-hydrogen) atoms. The lowest BCUT2D eigenvalue weighted by Gasteiger charge is -2.38. The van der Waals surface area contributed by atoms with Crippen molar-refractivity contribution in [3.05, 3.63) is 130 Å². The Morgan fingerprint density at radius 2 is 1.33 bits per heavy atom. The second-order valence-corrected chi connectivity index (χ2v) is 15.7. The van der Waals surface area contributed by atoms with Crippen molar-refractivity contribution in [3.63, 3.8) is 0 Å². The SMILES string of the molecule is CC(C)(C)OC(=O)Nc1cc(CN(CCN2Cc3ccc(F)cc3CC2Cc2ccc(F)cc2)C(=O)OCc2ccccc2)cc(NC(=O)OC(C)(C)C)c1. The van der Waals surface area contributed by atoms with Gasteiger partial charge in [-0.2, -0.15) is 0 Å². The Labute approximate surface area is 321 Å². The molecule has 0 aromatic heterocycles. The zero-order chi connectivity index (χ0) is 39.8. The van der Waals surface area contributed by atoms with Gasteiger partial charge in [0.05, 0.1) is 0 Å². The number of carbonyl (C=O) groups excluding carboxylic acids is 3. The Morgan fingerprint density at radius 3 is 1.93 bits per heavy atom. The summed E-state index contributed by atoms with van der Waals surface area (Å²) in [5.41, 5.74) is 3.41. The molecule has 5 rings (SSSR count). The Kier molecular flexibility index (Phi) is 13.1. The molecule has 1 atom stereocenters. The lowest BCUT2D eigenvalue weighted by molar-refractivity contribution is 0.0625. The molecule has 12 heteroatoms. The number of carbonyl (C=O) groups is 3. The van der Waals surface area contributed by atoms with Crippen LogP contribution in [0, 0.1) is 11.6 Å². The predicted molar refractivity (Wildman–Crippen MR) is 208 cm³/mol. The topological polar surface area (TPSA) is 109 Å². The minimum absolute atomic E-state index is 0.0533. The van der Waals surface area contributed by atoms with Gasteiger partial charge in [-0.15, -0.1) is 0 Å². The highest BCUT2D eigenvalue weighted by Gasteiger charge is 2.28.